The fourth-order valence-corrected chi connectivity index (χ4v) is 5.17. The fourth-order valence-electron chi connectivity index (χ4n) is 3.78. The quantitative estimate of drug-likeness (QED) is 0.810. The minimum absolute atomic E-state index is 0.383. The second-order valence-electron chi connectivity index (χ2n) is 7.12. The number of carbonyl (C=O) groups excluding carboxylic acids is 1. The van der Waals surface area contributed by atoms with Gasteiger partial charge in [0, 0.05) is 25.4 Å². The number of hydrogen-bond acceptors (Lipinski definition) is 5. The number of sulfone groups is 1. The number of nitrogens with one attached hydrogen (secondary N) is 2. The normalized spacial score (nSPS) is 23.7. The van der Waals surface area contributed by atoms with Gasteiger partial charge in [-0.05, 0) is 31.0 Å². The Hall–Kier alpha value is -1.87. The molecule has 3 rings (SSSR count). The molecule has 0 radical (unpaired) electrons. The Labute approximate surface area is 159 Å². The van der Waals surface area contributed by atoms with Crippen molar-refractivity contribution in [2.45, 2.75) is 37.0 Å². The van der Waals surface area contributed by atoms with Gasteiger partial charge in [-0.15, -0.1) is 0 Å². The molecule has 1 aromatic carbocycles. The first-order chi connectivity index (χ1) is 12.8. The Morgan fingerprint density at radius 2 is 1.93 bits per heavy atom. The van der Waals surface area contributed by atoms with E-state index in [2.05, 4.69) is 10.6 Å². The number of rotatable bonds is 4. The lowest BCUT2D eigenvalue weighted by atomic mass is 9.95. The van der Waals surface area contributed by atoms with Crippen molar-refractivity contribution >= 4 is 27.2 Å². The Morgan fingerprint density at radius 1 is 1.22 bits per heavy atom. The van der Waals surface area contributed by atoms with E-state index in [1.165, 1.54) is 24.5 Å². The van der Waals surface area contributed by atoms with Crippen molar-refractivity contribution in [3.8, 4) is 0 Å². The van der Waals surface area contributed by atoms with Gasteiger partial charge < -0.3 is 20.3 Å². The van der Waals surface area contributed by atoms with Crippen molar-refractivity contribution in [3.63, 3.8) is 0 Å². The maximum atomic E-state index is 13.7. The van der Waals surface area contributed by atoms with Crippen LogP contribution in [0.5, 0.6) is 0 Å². The highest BCUT2D eigenvalue weighted by molar-refractivity contribution is 7.91. The highest BCUT2D eigenvalue weighted by atomic mass is 32.2. The van der Waals surface area contributed by atoms with Gasteiger partial charge >= 0.3 is 6.03 Å². The van der Waals surface area contributed by atoms with E-state index in [0.29, 0.717) is 50.5 Å². The number of nitrogens with zero attached hydrogens (tertiary/aromatic N) is 1. The van der Waals surface area contributed by atoms with E-state index >= 15 is 0 Å². The van der Waals surface area contributed by atoms with E-state index in [1.807, 2.05) is 4.90 Å². The molecule has 0 bridgehead atoms. The van der Waals surface area contributed by atoms with Crippen LogP contribution in [-0.4, -0.2) is 58.3 Å². The van der Waals surface area contributed by atoms with Crippen LogP contribution in [0.15, 0.2) is 18.2 Å². The minimum Gasteiger partial charge on any atom is -0.378 e. The number of hydrogen-bond donors (Lipinski definition) is 2. The van der Waals surface area contributed by atoms with E-state index in [0.717, 1.165) is 12.8 Å². The third-order valence-corrected chi connectivity index (χ3v) is 6.79. The number of benzene rings is 1. The zero-order valence-electron chi connectivity index (χ0n) is 15.4. The van der Waals surface area contributed by atoms with Gasteiger partial charge in [-0.1, -0.05) is 12.8 Å². The summed E-state index contributed by atoms with van der Waals surface area (Å²) in [5.74, 6) is -0.383. The Kier molecular flexibility index (Phi) is 6.21. The van der Waals surface area contributed by atoms with Crippen LogP contribution in [0.1, 0.15) is 25.7 Å². The van der Waals surface area contributed by atoms with Crippen LogP contribution >= 0.6 is 0 Å². The molecule has 2 N–H and O–H groups in total. The monoisotopic (exact) mass is 399 g/mol. The van der Waals surface area contributed by atoms with Gasteiger partial charge in [-0.25, -0.2) is 17.6 Å². The second-order valence-corrected chi connectivity index (χ2v) is 9.38. The zero-order valence-corrected chi connectivity index (χ0v) is 16.2. The lowest BCUT2D eigenvalue weighted by Gasteiger charge is -2.32. The number of carbonyl (C=O) groups is 1. The highest BCUT2D eigenvalue weighted by Gasteiger charge is 2.33. The second kappa shape index (κ2) is 8.43. The summed E-state index contributed by atoms with van der Waals surface area (Å²) in [4.78, 5) is 14.5. The van der Waals surface area contributed by atoms with Crippen LogP contribution < -0.4 is 15.5 Å². The van der Waals surface area contributed by atoms with Gasteiger partial charge in [0.05, 0.1) is 29.8 Å². The van der Waals surface area contributed by atoms with Gasteiger partial charge in [0.1, 0.15) is 5.82 Å². The topological polar surface area (TPSA) is 87.7 Å². The van der Waals surface area contributed by atoms with Gasteiger partial charge in [0.2, 0.25) is 0 Å². The lowest BCUT2D eigenvalue weighted by Crippen LogP contribution is -2.49. The molecule has 1 saturated heterocycles. The molecule has 0 aromatic heterocycles. The van der Waals surface area contributed by atoms with E-state index in [4.69, 9.17) is 4.74 Å². The number of morpholine rings is 1. The van der Waals surface area contributed by atoms with Crippen molar-refractivity contribution in [2.24, 2.45) is 0 Å². The fraction of sp³-hybridized carbons (Fsp3) is 0.611. The predicted molar refractivity (Wildman–Crippen MR) is 102 cm³/mol. The molecule has 27 heavy (non-hydrogen) atoms. The first-order valence-corrected chi connectivity index (χ1v) is 11.2. The van der Waals surface area contributed by atoms with E-state index in [9.17, 15) is 17.6 Å². The first-order valence-electron chi connectivity index (χ1n) is 9.23. The number of ether oxygens (including phenoxy) is 1. The summed E-state index contributed by atoms with van der Waals surface area (Å²) in [5.41, 5.74) is 1.08. The number of amides is 2. The minimum atomic E-state index is -3.24. The molecule has 9 heteroatoms. The van der Waals surface area contributed by atoms with Crippen LogP contribution in [0.4, 0.5) is 20.6 Å². The van der Waals surface area contributed by atoms with Crippen molar-refractivity contribution in [1.29, 1.82) is 0 Å². The summed E-state index contributed by atoms with van der Waals surface area (Å²) < 4.78 is 43.1. The average Bonchev–Trinajstić information content (AvgIpc) is 2.63. The molecule has 2 fully saturated rings. The SMILES string of the molecule is CS(=O)(=O)[C@@H]1CCCC[C@H]1NC(=O)Nc1ccc(F)cc1N1CCOCC1. The molecule has 1 heterocycles. The summed E-state index contributed by atoms with van der Waals surface area (Å²) in [5, 5.41) is 5.00. The summed E-state index contributed by atoms with van der Waals surface area (Å²) in [6.07, 6.45) is 4.12. The molecule has 150 valence electrons. The highest BCUT2D eigenvalue weighted by Crippen LogP contribution is 2.28. The Balaban J connectivity index is 1.72. The molecule has 2 amide bonds. The third kappa shape index (κ3) is 5.10. The smallest absolute Gasteiger partial charge is 0.319 e. The number of urea groups is 1. The lowest BCUT2D eigenvalue weighted by molar-refractivity contribution is 0.122. The van der Waals surface area contributed by atoms with Crippen molar-refractivity contribution in [1.82, 2.24) is 5.32 Å². The molecule has 1 saturated carbocycles. The van der Waals surface area contributed by atoms with Crippen molar-refractivity contribution in [3.05, 3.63) is 24.0 Å². The molecule has 2 aliphatic rings. The summed E-state index contributed by atoms with van der Waals surface area (Å²) >= 11 is 0. The van der Waals surface area contributed by atoms with Crippen LogP contribution in [0.25, 0.3) is 0 Å². The van der Waals surface area contributed by atoms with Gasteiger partial charge in [0.15, 0.2) is 9.84 Å². The molecule has 1 aromatic rings. The largest absolute Gasteiger partial charge is 0.378 e. The number of halogens is 1. The van der Waals surface area contributed by atoms with Crippen LogP contribution in [0, 0.1) is 5.82 Å². The summed E-state index contributed by atoms with van der Waals surface area (Å²) in [7, 11) is -3.24. The van der Waals surface area contributed by atoms with Crippen LogP contribution in [-0.2, 0) is 14.6 Å². The zero-order chi connectivity index (χ0) is 19.4. The first kappa shape index (κ1) is 19.9. The average molecular weight is 399 g/mol. The van der Waals surface area contributed by atoms with E-state index in [1.54, 1.807) is 0 Å². The van der Waals surface area contributed by atoms with Crippen LogP contribution in [0.2, 0.25) is 0 Å². The van der Waals surface area contributed by atoms with Crippen LogP contribution in [0.3, 0.4) is 0 Å². The third-order valence-electron chi connectivity index (χ3n) is 5.13. The van der Waals surface area contributed by atoms with E-state index < -0.39 is 27.2 Å². The Bertz CT molecular complexity index is 781. The molecular weight excluding hydrogens is 373 g/mol. The van der Waals surface area contributed by atoms with Gasteiger partial charge in [-0.3, -0.25) is 0 Å². The molecule has 7 nitrogen and oxygen atoms in total. The maximum Gasteiger partial charge on any atom is 0.319 e. The summed E-state index contributed by atoms with van der Waals surface area (Å²) in [6.45, 7) is 2.30. The molecular formula is C18H26FN3O4S. The van der Waals surface area contributed by atoms with Gasteiger partial charge in [-0.2, -0.15) is 0 Å². The van der Waals surface area contributed by atoms with Gasteiger partial charge in [0.25, 0.3) is 0 Å². The molecule has 0 spiro atoms. The van der Waals surface area contributed by atoms with E-state index in [-0.39, 0.29) is 5.82 Å². The molecule has 2 atom stereocenters. The number of anilines is 2. The van der Waals surface area contributed by atoms with Crippen molar-refractivity contribution in [2.75, 3.05) is 42.8 Å². The maximum absolute atomic E-state index is 13.7. The van der Waals surface area contributed by atoms with Crippen molar-refractivity contribution < 1.29 is 22.3 Å². The molecule has 0 unspecified atom stereocenters. The molecule has 1 aliphatic carbocycles. The predicted octanol–water partition coefficient (Wildman–Crippen LogP) is 2.14. The Morgan fingerprint density at radius 3 is 2.63 bits per heavy atom. The molecule has 1 aliphatic heterocycles. The standard InChI is InChI=1S/C18H26FN3O4S/c1-27(24,25)17-5-3-2-4-15(17)21-18(23)20-14-7-6-13(19)12-16(14)22-8-10-26-11-9-22/h6-7,12,15,17H,2-5,8-11H2,1H3,(H2,20,21,23)/t15-,17-/m1/s1. The summed E-state index contributed by atoms with van der Waals surface area (Å²) in [6, 6.07) is 3.31.